The molecule has 2 aromatic rings. The second-order valence-electron chi connectivity index (χ2n) is 7.29. The van der Waals surface area contributed by atoms with Crippen molar-refractivity contribution in [3.63, 3.8) is 0 Å². The van der Waals surface area contributed by atoms with Gasteiger partial charge in [0.05, 0.1) is 30.0 Å². The minimum Gasteiger partial charge on any atom is -0.393 e. The Morgan fingerprint density at radius 2 is 2.12 bits per heavy atom. The lowest BCUT2D eigenvalue weighted by Gasteiger charge is -2.25. The molecule has 3 heterocycles. The number of anilines is 1. The van der Waals surface area contributed by atoms with E-state index in [1.54, 1.807) is 0 Å². The molecule has 25 heavy (non-hydrogen) atoms. The highest BCUT2D eigenvalue weighted by Crippen LogP contribution is 2.36. The van der Waals surface area contributed by atoms with Crippen molar-refractivity contribution < 1.29 is 9.84 Å². The van der Waals surface area contributed by atoms with Gasteiger partial charge in [0, 0.05) is 22.7 Å². The van der Waals surface area contributed by atoms with Gasteiger partial charge in [0.1, 0.15) is 0 Å². The van der Waals surface area contributed by atoms with Gasteiger partial charge in [0.15, 0.2) is 0 Å². The summed E-state index contributed by atoms with van der Waals surface area (Å²) >= 11 is 3.63. The van der Waals surface area contributed by atoms with Crippen molar-refractivity contribution in [1.82, 2.24) is 14.6 Å². The highest BCUT2D eigenvalue weighted by molar-refractivity contribution is 9.10. The lowest BCUT2D eigenvalue weighted by Crippen LogP contribution is -2.31. The number of hydrogen-bond acceptors (Lipinski definition) is 5. The number of halogens is 1. The van der Waals surface area contributed by atoms with Gasteiger partial charge in [0.2, 0.25) is 5.95 Å². The monoisotopic (exact) mass is 408 g/mol. The average molecular weight is 409 g/mol. The summed E-state index contributed by atoms with van der Waals surface area (Å²) in [6.07, 6.45) is 7.88. The molecule has 0 spiro atoms. The molecule has 7 heteroatoms. The smallest absolute Gasteiger partial charge is 0.241 e. The van der Waals surface area contributed by atoms with E-state index in [0.29, 0.717) is 11.9 Å². The number of hydrogen-bond donors (Lipinski definition) is 2. The molecule has 6 nitrogen and oxygen atoms in total. The van der Waals surface area contributed by atoms with Crippen LogP contribution in [-0.2, 0) is 4.74 Å². The molecule has 4 rings (SSSR count). The fourth-order valence-corrected chi connectivity index (χ4v) is 4.50. The van der Waals surface area contributed by atoms with E-state index in [-0.39, 0.29) is 18.2 Å². The molecule has 2 N–H and O–H groups in total. The van der Waals surface area contributed by atoms with Crippen molar-refractivity contribution in [2.75, 3.05) is 11.9 Å². The second-order valence-corrected chi connectivity index (χ2v) is 8.14. The maximum absolute atomic E-state index is 9.78. The van der Waals surface area contributed by atoms with E-state index in [1.807, 2.05) is 10.7 Å². The molecule has 1 aliphatic heterocycles. The minimum atomic E-state index is -0.148. The van der Waals surface area contributed by atoms with Gasteiger partial charge in [-0.2, -0.15) is 0 Å². The molecular weight excluding hydrogens is 384 g/mol. The number of rotatable bonds is 4. The molecule has 136 valence electrons. The topological polar surface area (TPSA) is 71.7 Å². The van der Waals surface area contributed by atoms with Crippen LogP contribution in [-0.4, -0.2) is 44.6 Å². The Morgan fingerprint density at radius 3 is 2.84 bits per heavy atom. The van der Waals surface area contributed by atoms with Gasteiger partial charge >= 0.3 is 0 Å². The third-order valence-electron chi connectivity index (χ3n) is 5.49. The molecule has 2 aromatic heterocycles. The van der Waals surface area contributed by atoms with Crippen LogP contribution in [0.5, 0.6) is 0 Å². The van der Waals surface area contributed by atoms with E-state index in [4.69, 9.17) is 9.84 Å². The number of aliphatic hydroxyl groups excluding tert-OH is 1. The molecule has 1 saturated carbocycles. The van der Waals surface area contributed by atoms with Crippen molar-refractivity contribution in [2.24, 2.45) is 0 Å². The first-order valence-electron chi connectivity index (χ1n) is 9.22. The summed E-state index contributed by atoms with van der Waals surface area (Å²) < 4.78 is 8.78. The highest BCUT2D eigenvalue weighted by atomic mass is 79.9. The Bertz CT molecular complexity index is 736. The standard InChI is InChI=1S/C18H25BrN4O2/c1-11(17-3-2-8-25-17)21-18-20-10-16-14(19)9-15(23(16)22-18)12-4-6-13(24)7-5-12/h9-13,17,24H,2-8H2,1H3,(H,21,22). The molecule has 2 unspecified atom stereocenters. The van der Waals surface area contributed by atoms with Gasteiger partial charge in [-0.05, 0) is 67.4 Å². The first-order valence-corrected chi connectivity index (χ1v) is 10.0. The van der Waals surface area contributed by atoms with E-state index < -0.39 is 0 Å². The SMILES string of the molecule is CC(Nc1ncc2c(Br)cc(C3CCC(O)CC3)n2n1)C1CCCO1. The number of aromatic nitrogens is 3. The molecule has 0 amide bonds. The van der Waals surface area contributed by atoms with Gasteiger partial charge in [-0.15, -0.1) is 5.10 Å². The Labute approximate surface area is 156 Å². The van der Waals surface area contributed by atoms with Gasteiger partial charge in [-0.3, -0.25) is 0 Å². The summed E-state index contributed by atoms with van der Waals surface area (Å²) in [7, 11) is 0. The molecule has 1 saturated heterocycles. The fraction of sp³-hybridized carbons (Fsp3) is 0.667. The van der Waals surface area contributed by atoms with Gasteiger partial charge < -0.3 is 15.2 Å². The molecule has 2 fully saturated rings. The summed E-state index contributed by atoms with van der Waals surface area (Å²) in [6.45, 7) is 2.97. The van der Waals surface area contributed by atoms with Crippen molar-refractivity contribution in [2.45, 2.75) is 69.6 Å². The predicted molar refractivity (Wildman–Crippen MR) is 100.0 cm³/mol. The van der Waals surface area contributed by atoms with Crippen LogP contribution in [0.3, 0.4) is 0 Å². The van der Waals surface area contributed by atoms with Gasteiger partial charge in [-0.1, -0.05) is 0 Å². The summed E-state index contributed by atoms with van der Waals surface area (Å²) in [6, 6.07) is 2.34. The molecule has 2 atom stereocenters. The molecule has 0 radical (unpaired) electrons. The van der Waals surface area contributed by atoms with E-state index in [0.717, 1.165) is 55.1 Å². The minimum absolute atomic E-state index is 0.148. The zero-order valence-corrected chi connectivity index (χ0v) is 16.1. The van der Waals surface area contributed by atoms with Crippen LogP contribution in [0, 0.1) is 0 Å². The zero-order valence-electron chi connectivity index (χ0n) is 14.5. The molecular formula is C18H25BrN4O2. The normalized spacial score (nSPS) is 28.4. The molecule has 0 bridgehead atoms. The van der Waals surface area contributed by atoms with Crippen LogP contribution >= 0.6 is 15.9 Å². The average Bonchev–Trinajstić information content (AvgIpc) is 3.24. The molecule has 0 aromatic carbocycles. The first kappa shape index (κ1) is 17.2. The number of aliphatic hydroxyl groups is 1. The Balaban J connectivity index is 1.59. The summed E-state index contributed by atoms with van der Waals surface area (Å²) in [5.74, 6) is 1.07. The predicted octanol–water partition coefficient (Wildman–Crippen LogP) is 3.49. The summed E-state index contributed by atoms with van der Waals surface area (Å²) in [5, 5.41) is 17.9. The Morgan fingerprint density at radius 1 is 1.32 bits per heavy atom. The van der Waals surface area contributed by atoms with Gasteiger partial charge in [0.25, 0.3) is 0 Å². The van der Waals surface area contributed by atoms with Crippen molar-refractivity contribution in [3.8, 4) is 0 Å². The number of fused-ring (bicyclic) bond motifs is 1. The van der Waals surface area contributed by atoms with Crippen LogP contribution in [0.1, 0.15) is 57.1 Å². The van der Waals surface area contributed by atoms with E-state index in [2.05, 4.69) is 39.2 Å². The number of nitrogens with one attached hydrogen (secondary N) is 1. The lowest BCUT2D eigenvalue weighted by molar-refractivity contribution is 0.0994. The third-order valence-corrected chi connectivity index (χ3v) is 6.13. The quantitative estimate of drug-likeness (QED) is 0.809. The third kappa shape index (κ3) is 3.55. The van der Waals surface area contributed by atoms with Crippen molar-refractivity contribution in [1.29, 1.82) is 0 Å². The zero-order chi connectivity index (χ0) is 17.4. The maximum Gasteiger partial charge on any atom is 0.241 e. The Hall–Kier alpha value is -1.18. The Kier molecular flexibility index (Phi) is 4.97. The van der Waals surface area contributed by atoms with E-state index in [1.165, 1.54) is 5.69 Å². The second kappa shape index (κ2) is 7.21. The van der Waals surface area contributed by atoms with Crippen LogP contribution in [0.2, 0.25) is 0 Å². The molecule has 2 aliphatic rings. The summed E-state index contributed by atoms with van der Waals surface area (Å²) in [5.41, 5.74) is 2.18. The van der Waals surface area contributed by atoms with Gasteiger partial charge in [-0.25, -0.2) is 9.50 Å². The van der Waals surface area contributed by atoms with Crippen LogP contribution < -0.4 is 5.32 Å². The largest absolute Gasteiger partial charge is 0.393 e. The lowest BCUT2D eigenvalue weighted by atomic mass is 9.85. The number of ether oxygens (including phenoxy) is 1. The summed E-state index contributed by atoms with van der Waals surface area (Å²) in [4.78, 5) is 4.48. The van der Waals surface area contributed by atoms with Crippen LogP contribution in [0.15, 0.2) is 16.7 Å². The van der Waals surface area contributed by atoms with E-state index >= 15 is 0 Å². The van der Waals surface area contributed by atoms with E-state index in [9.17, 15) is 5.11 Å². The number of nitrogens with zero attached hydrogens (tertiary/aromatic N) is 3. The maximum atomic E-state index is 9.78. The van der Waals surface area contributed by atoms with Crippen molar-refractivity contribution in [3.05, 3.63) is 22.4 Å². The fourth-order valence-electron chi connectivity index (χ4n) is 4.00. The first-order chi connectivity index (χ1) is 12.1. The van der Waals surface area contributed by atoms with Crippen molar-refractivity contribution >= 4 is 27.4 Å². The van der Waals surface area contributed by atoms with Crippen LogP contribution in [0.4, 0.5) is 5.95 Å². The highest BCUT2D eigenvalue weighted by Gasteiger charge is 2.26. The van der Waals surface area contributed by atoms with Crippen LogP contribution in [0.25, 0.3) is 5.52 Å². The molecule has 1 aliphatic carbocycles.